The zero-order valence-corrected chi connectivity index (χ0v) is 12.1. The molecule has 102 valence electrons. The Morgan fingerprint density at radius 3 is 2.84 bits per heavy atom. The van der Waals surface area contributed by atoms with Crippen LogP contribution in [0.5, 0.6) is 0 Å². The minimum Gasteiger partial charge on any atom is -0.375 e. The topological polar surface area (TPSA) is 85.1 Å². The Bertz CT molecular complexity index is 665. The number of aromatic nitrogens is 1. The summed E-state index contributed by atoms with van der Waals surface area (Å²) in [5, 5.41) is 2.33. The lowest BCUT2D eigenvalue weighted by Crippen LogP contribution is -2.26. The van der Waals surface area contributed by atoms with Crippen LogP contribution in [-0.4, -0.2) is 19.9 Å². The first kappa shape index (κ1) is 14.0. The molecule has 19 heavy (non-hydrogen) atoms. The second-order valence-corrected chi connectivity index (χ2v) is 6.80. The highest BCUT2D eigenvalue weighted by Gasteiger charge is 2.13. The summed E-state index contributed by atoms with van der Waals surface area (Å²) >= 11 is 1.35. The van der Waals surface area contributed by atoms with Crippen LogP contribution < -0.4 is 10.5 Å². The number of hydrogen-bond donors (Lipinski definition) is 2. The molecule has 1 heterocycles. The van der Waals surface area contributed by atoms with Crippen molar-refractivity contribution in [1.29, 1.82) is 0 Å². The number of nitrogen functional groups attached to an aromatic ring is 1. The predicted molar refractivity (Wildman–Crippen MR) is 76.6 cm³/mol. The summed E-state index contributed by atoms with van der Waals surface area (Å²) in [5.41, 5.74) is 7.23. The number of rotatable bonds is 5. The maximum absolute atomic E-state index is 12.0. The number of anilines is 1. The van der Waals surface area contributed by atoms with E-state index < -0.39 is 10.0 Å². The summed E-state index contributed by atoms with van der Waals surface area (Å²) in [4.78, 5) is 4.36. The Morgan fingerprint density at radius 2 is 2.21 bits per heavy atom. The maximum Gasteiger partial charge on any atom is 0.240 e. The van der Waals surface area contributed by atoms with Gasteiger partial charge < -0.3 is 5.73 Å². The van der Waals surface area contributed by atoms with Crippen molar-refractivity contribution >= 4 is 26.5 Å². The molecule has 0 aliphatic heterocycles. The molecule has 0 atom stereocenters. The van der Waals surface area contributed by atoms with Gasteiger partial charge in [0, 0.05) is 18.3 Å². The summed E-state index contributed by atoms with van der Waals surface area (Å²) in [7, 11) is -3.45. The largest absolute Gasteiger partial charge is 0.375 e. The number of benzene rings is 1. The summed E-state index contributed by atoms with van der Waals surface area (Å²) < 4.78 is 26.6. The zero-order chi connectivity index (χ0) is 13.9. The van der Waals surface area contributed by atoms with Gasteiger partial charge in [-0.05, 0) is 24.6 Å². The van der Waals surface area contributed by atoms with Crippen LogP contribution in [0.25, 0.3) is 0 Å². The number of aryl methyl sites for hydroxylation is 1. The van der Waals surface area contributed by atoms with Crippen molar-refractivity contribution in [2.45, 2.75) is 18.2 Å². The van der Waals surface area contributed by atoms with Gasteiger partial charge in [0.2, 0.25) is 10.0 Å². The molecule has 7 heteroatoms. The number of nitrogens with zero attached hydrogens (tertiary/aromatic N) is 1. The molecular weight excluding hydrogens is 282 g/mol. The molecule has 0 spiro atoms. The third-order valence-electron chi connectivity index (χ3n) is 2.54. The minimum absolute atomic E-state index is 0.283. The second kappa shape index (κ2) is 5.68. The molecule has 0 unspecified atom stereocenters. The second-order valence-electron chi connectivity index (χ2n) is 4.14. The maximum atomic E-state index is 12.0. The van der Waals surface area contributed by atoms with Gasteiger partial charge in [-0.15, -0.1) is 11.3 Å². The first-order valence-electron chi connectivity index (χ1n) is 5.73. The Balaban J connectivity index is 1.98. The molecular formula is C12H15N3O2S2. The predicted octanol–water partition coefficient (Wildman–Crippen LogP) is 1.55. The molecule has 0 aliphatic rings. The monoisotopic (exact) mass is 297 g/mol. The Labute approximate surface area is 116 Å². The summed E-state index contributed by atoms with van der Waals surface area (Å²) in [6, 6.07) is 6.81. The number of nitrogens with two attached hydrogens (primary N) is 1. The van der Waals surface area contributed by atoms with E-state index in [1.807, 2.05) is 18.4 Å². The van der Waals surface area contributed by atoms with Gasteiger partial charge in [-0.3, -0.25) is 0 Å². The van der Waals surface area contributed by atoms with E-state index in [1.165, 1.54) is 11.3 Å². The first-order chi connectivity index (χ1) is 8.97. The molecule has 5 nitrogen and oxygen atoms in total. The molecule has 2 aromatic rings. The molecule has 0 saturated carbocycles. The van der Waals surface area contributed by atoms with Crippen LogP contribution in [0.2, 0.25) is 0 Å². The van der Waals surface area contributed by atoms with Crippen molar-refractivity contribution in [3.63, 3.8) is 0 Å². The molecule has 1 aromatic carbocycles. The molecule has 0 amide bonds. The lowest BCUT2D eigenvalue weighted by molar-refractivity contribution is 0.581. The van der Waals surface area contributed by atoms with Crippen LogP contribution in [0.1, 0.15) is 11.3 Å². The first-order valence-corrected chi connectivity index (χ1v) is 8.10. The van der Waals surface area contributed by atoms with E-state index in [-0.39, 0.29) is 4.90 Å². The van der Waals surface area contributed by atoms with Crippen LogP contribution in [0.4, 0.5) is 5.13 Å². The van der Waals surface area contributed by atoms with Gasteiger partial charge in [-0.25, -0.2) is 18.1 Å². The van der Waals surface area contributed by atoms with Crippen molar-refractivity contribution < 1.29 is 8.42 Å². The SMILES string of the molecule is Cc1cccc(S(=O)(=O)NCCc2csc(N)n2)c1. The molecule has 2 rings (SSSR count). The molecule has 0 fully saturated rings. The third kappa shape index (κ3) is 3.76. The van der Waals surface area contributed by atoms with Crippen LogP contribution >= 0.6 is 11.3 Å². The fourth-order valence-corrected chi connectivity index (χ4v) is 3.35. The van der Waals surface area contributed by atoms with E-state index in [0.29, 0.717) is 18.1 Å². The average molecular weight is 297 g/mol. The van der Waals surface area contributed by atoms with Crippen molar-refractivity contribution in [3.8, 4) is 0 Å². The quantitative estimate of drug-likeness (QED) is 0.877. The third-order valence-corrected chi connectivity index (χ3v) is 4.72. The molecule has 0 radical (unpaired) electrons. The van der Waals surface area contributed by atoms with E-state index in [0.717, 1.165) is 11.3 Å². The van der Waals surface area contributed by atoms with E-state index in [1.54, 1.807) is 18.2 Å². The molecule has 1 aromatic heterocycles. The number of nitrogens with one attached hydrogen (secondary N) is 1. The summed E-state index contributed by atoms with van der Waals surface area (Å²) in [6.07, 6.45) is 0.527. The van der Waals surface area contributed by atoms with E-state index in [4.69, 9.17) is 5.73 Å². The number of hydrogen-bond acceptors (Lipinski definition) is 5. The van der Waals surface area contributed by atoms with Crippen LogP contribution in [0, 0.1) is 6.92 Å². The van der Waals surface area contributed by atoms with Crippen molar-refractivity contribution in [2.24, 2.45) is 0 Å². The normalized spacial score (nSPS) is 11.6. The Kier molecular flexibility index (Phi) is 4.18. The lowest BCUT2D eigenvalue weighted by atomic mass is 10.2. The standard InChI is InChI=1S/C12H15N3O2S2/c1-9-3-2-4-11(7-9)19(16,17)14-6-5-10-8-18-12(13)15-10/h2-4,7-8,14H,5-6H2,1H3,(H2,13,15). The molecule has 0 saturated heterocycles. The number of thiazole rings is 1. The highest BCUT2D eigenvalue weighted by molar-refractivity contribution is 7.89. The van der Waals surface area contributed by atoms with E-state index in [9.17, 15) is 8.42 Å². The Morgan fingerprint density at radius 1 is 1.42 bits per heavy atom. The fourth-order valence-electron chi connectivity index (χ4n) is 1.62. The van der Waals surface area contributed by atoms with E-state index in [2.05, 4.69) is 9.71 Å². The van der Waals surface area contributed by atoms with Crippen LogP contribution in [0.15, 0.2) is 34.5 Å². The highest BCUT2D eigenvalue weighted by Crippen LogP contribution is 2.12. The molecule has 3 N–H and O–H groups in total. The summed E-state index contributed by atoms with van der Waals surface area (Å²) in [6.45, 7) is 2.16. The van der Waals surface area contributed by atoms with Gasteiger partial charge >= 0.3 is 0 Å². The van der Waals surface area contributed by atoms with Gasteiger partial charge in [0.1, 0.15) is 0 Å². The van der Waals surface area contributed by atoms with Crippen LogP contribution in [-0.2, 0) is 16.4 Å². The van der Waals surface area contributed by atoms with Gasteiger partial charge in [0.25, 0.3) is 0 Å². The Hall–Kier alpha value is -1.44. The van der Waals surface area contributed by atoms with E-state index >= 15 is 0 Å². The van der Waals surface area contributed by atoms with Gasteiger partial charge in [-0.2, -0.15) is 0 Å². The zero-order valence-electron chi connectivity index (χ0n) is 10.5. The van der Waals surface area contributed by atoms with Crippen molar-refractivity contribution in [3.05, 3.63) is 40.9 Å². The highest BCUT2D eigenvalue weighted by atomic mass is 32.2. The minimum atomic E-state index is -3.45. The number of sulfonamides is 1. The van der Waals surface area contributed by atoms with Gasteiger partial charge in [-0.1, -0.05) is 12.1 Å². The fraction of sp³-hybridized carbons (Fsp3) is 0.250. The van der Waals surface area contributed by atoms with Gasteiger partial charge in [0.05, 0.1) is 10.6 Å². The lowest BCUT2D eigenvalue weighted by Gasteiger charge is -2.06. The van der Waals surface area contributed by atoms with Crippen LogP contribution in [0.3, 0.4) is 0 Å². The molecule has 0 aliphatic carbocycles. The smallest absolute Gasteiger partial charge is 0.240 e. The summed E-state index contributed by atoms with van der Waals surface area (Å²) in [5.74, 6) is 0. The van der Waals surface area contributed by atoms with Crippen molar-refractivity contribution in [2.75, 3.05) is 12.3 Å². The molecule has 0 bridgehead atoms. The average Bonchev–Trinajstić information content (AvgIpc) is 2.75. The van der Waals surface area contributed by atoms with Crippen molar-refractivity contribution in [1.82, 2.24) is 9.71 Å². The van der Waals surface area contributed by atoms with Gasteiger partial charge in [0.15, 0.2) is 5.13 Å².